The van der Waals surface area contributed by atoms with Crippen LogP contribution in [0.3, 0.4) is 0 Å². The van der Waals surface area contributed by atoms with Gasteiger partial charge in [-0.05, 0) is 48.0 Å². The number of benzene rings is 1. The molecular weight excluding hydrogens is 326 g/mol. The molecule has 1 rings (SSSR count). The van der Waals surface area contributed by atoms with Crippen molar-refractivity contribution in [2.75, 3.05) is 17.3 Å². The van der Waals surface area contributed by atoms with Crippen molar-refractivity contribution in [2.45, 2.75) is 20.8 Å². The van der Waals surface area contributed by atoms with Crippen LogP contribution < -0.4 is 10.7 Å². The Bertz CT molecular complexity index is 544. The number of rotatable bonds is 5. The summed E-state index contributed by atoms with van der Waals surface area (Å²) in [6.45, 7) is 5.04. The molecule has 0 spiro atoms. The van der Waals surface area contributed by atoms with E-state index in [4.69, 9.17) is 4.74 Å². The number of nitrogens with one attached hydrogen (secondary N) is 2. The van der Waals surface area contributed by atoms with E-state index in [0.29, 0.717) is 22.5 Å². The van der Waals surface area contributed by atoms with Crippen LogP contribution in [-0.2, 0) is 14.3 Å². The summed E-state index contributed by atoms with van der Waals surface area (Å²) >= 11 is 3.36. The summed E-state index contributed by atoms with van der Waals surface area (Å²) in [5.74, 6) is -0.611. The number of anilines is 2. The summed E-state index contributed by atoms with van der Waals surface area (Å²) in [6, 6.07) is 5.19. The maximum Gasteiger partial charge on any atom is 0.354 e. The predicted molar refractivity (Wildman–Crippen MR) is 81.8 cm³/mol. The zero-order valence-electron chi connectivity index (χ0n) is 11.5. The average Bonchev–Trinajstić information content (AvgIpc) is 2.37. The van der Waals surface area contributed by atoms with Crippen LogP contribution in [0.1, 0.15) is 20.8 Å². The lowest BCUT2D eigenvalue weighted by atomic mass is 10.3. The van der Waals surface area contributed by atoms with Crippen molar-refractivity contribution in [3.05, 3.63) is 22.7 Å². The fourth-order valence-electron chi connectivity index (χ4n) is 1.31. The van der Waals surface area contributed by atoms with Crippen LogP contribution in [0.5, 0.6) is 0 Å². The van der Waals surface area contributed by atoms with Crippen molar-refractivity contribution in [3.63, 3.8) is 0 Å². The zero-order valence-corrected chi connectivity index (χ0v) is 13.1. The first-order valence-corrected chi connectivity index (χ1v) is 6.78. The number of hydrogen-bond donors (Lipinski definition) is 2. The van der Waals surface area contributed by atoms with Gasteiger partial charge in [-0.1, -0.05) is 0 Å². The van der Waals surface area contributed by atoms with Crippen molar-refractivity contribution in [2.24, 2.45) is 5.10 Å². The number of carbonyl (C=O) groups excluding carboxylic acids is 2. The van der Waals surface area contributed by atoms with Gasteiger partial charge in [0.1, 0.15) is 5.71 Å². The van der Waals surface area contributed by atoms with Crippen LogP contribution in [0.2, 0.25) is 0 Å². The summed E-state index contributed by atoms with van der Waals surface area (Å²) in [7, 11) is 0. The highest BCUT2D eigenvalue weighted by Gasteiger charge is 2.07. The molecule has 0 bridgehead atoms. The molecule has 1 aromatic carbocycles. The monoisotopic (exact) mass is 341 g/mol. The highest BCUT2D eigenvalue weighted by atomic mass is 79.9. The molecule has 0 aromatic heterocycles. The minimum atomic E-state index is -0.467. The Morgan fingerprint density at radius 2 is 2.05 bits per heavy atom. The van der Waals surface area contributed by atoms with Crippen LogP contribution in [0.15, 0.2) is 27.8 Å². The van der Waals surface area contributed by atoms with Gasteiger partial charge in [0.05, 0.1) is 12.3 Å². The predicted octanol–water partition coefficient (Wildman–Crippen LogP) is 2.76. The summed E-state index contributed by atoms with van der Waals surface area (Å²) in [4.78, 5) is 22.3. The standard InChI is InChI=1S/C13H16BrN3O3/c1-4-20-13(19)8(2)16-17-12-6-5-10(7-11(12)14)15-9(3)18/h5-7,17H,4H2,1-3H3,(H,15,18)/b16-8-. The Morgan fingerprint density at radius 3 is 2.60 bits per heavy atom. The van der Waals surface area contributed by atoms with Crippen LogP contribution in [0, 0.1) is 0 Å². The molecule has 6 nitrogen and oxygen atoms in total. The number of nitrogens with zero attached hydrogens (tertiary/aromatic N) is 1. The van der Waals surface area contributed by atoms with Crippen molar-refractivity contribution < 1.29 is 14.3 Å². The molecule has 0 heterocycles. The van der Waals surface area contributed by atoms with E-state index in [-0.39, 0.29) is 11.6 Å². The van der Waals surface area contributed by atoms with Crippen molar-refractivity contribution in [3.8, 4) is 0 Å². The first kappa shape index (κ1) is 16.2. The lowest BCUT2D eigenvalue weighted by molar-refractivity contribution is -0.135. The Kier molecular flexibility index (Phi) is 6.17. The van der Waals surface area contributed by atoms with Gasteiger partial charge in [-0.15, -0.1) is 0 Å². The topological polar surface area (TPSA) is 79.8 Å². The molecule has 0 aliphatic rings. The molecule has 0 saturated heterocycles. The molecule has 20 heavy (non-hydrogen) atoms. The van der Waals surface area contributed by atoms with Crippen LogP contribution in [-0.4, -0.2) is 24.2 Å². The molecule has 0 fully saturated rings. The molecule has 0 aliphatic carbocycles. The Balaban J connectivity index is 2.76. The third-order valence-corrected chi connectivity index (χ3v) is 2.86. The number of hydrazone groups is 1. The highest BCUT2D eigenvalue weighted by Crippen LogP contribution is 2.26. The minimum absolute atomic E-state index is 0.145. The highest BCUT2D eigenvalue weighted by molar-refractivity contribution is 9.10. The van der Waals surface area contributed by atoms with Gasteiger partial charge in [0.15, 0.2) is 0 Å². The quantitative estimate of drug-likeness (QED) is 0.490. The first-order valence-electron chi connectivity index (χ1n) is 5.98. The van der Waals surface area contributed by atoms with E-state index in [1.807, 2.05) is 0 Å². The molecule has 2 N–H and O–H groups in total. The van der Waals surface area contributed by atoms with Gasteiger partial charge in [-0.3, -0.25) is 10.2 Å². The van der Waals surface area contributed by atoms with E-state index in [9.17, 15) is 9.59 Å². The minimum Gasteiger partial charge on any atom is -0.461 e. The molecule has 0 atom stereocenters. The second-order valence-electron chi connectivity index (χ2n) is 3.91. The summed E-state index contributed by atoms with van der Waals surface area (Å²) < 4.78 is 5.53. The van der Waals surface area contributed by atoms with E-state index < -0.39 is 5.97 Å². The number of carbonyl (C=O) groups is 2. The van der Waals surface area contributed by atoms with Gasteiger partial charge in [0.2, 0.25) is 5.91 Å². The molecule has 7 heteroatoms. The molecule has 0 aliphatic heterocycles. The second kappa shape index (κ2) is 7.64. The number of ether oxygens (including phenoxy) is 1. The van der Waals surface area contributed by atoms with Crippen molar-refractivity contribution in [1.82, 2.24) is 0 Å². The Hall–Kier alpha value is -1.89. The molecule has 0 radical (unpaired) electrons. The maximum absolute atomic E-state index is 11.4. The molecule has 1 amide bonds. The van der Waals surface area contributed by atoms with Gasteiger partial charge in [-0.2, -0.15) is 5.10 Å². The molecular formula is C13H16BrN3O3. The fourth-order valence-corrected chi connectivity index (χ4v) is 1.78. The van der Waals surface area contributed by atoms with Gasteiger partial charge >= 0.3 is 5.97 Å². The summed E-state index contributed by atoms with van der Waals surface area (Å²) in [6.07, 6.45) is 0. The zero-order chi connectivity index (χ0) is 15.1. The number of amides is 1. The lowest BCUT2D eigenvalue weighted by Crippen LogP contribution is -2.15. The van der Waals surface area contributed by atoms with E-state index in [2.05, 4.69) is 31.8 Å². The van der Waals surface area contributed by atoms with E-state index in [1.165, 1.54) is 6.92 Å². The van der Waals surface area contributed by atoms with E-state index in [0.717, 1.165) is 0 Å². The molecule has 108 valence electrons. The van der Waals surface area contributed by atoms with Gasteiger partial charge in [0.25, 0.3) is 0 Å². The number of halogens is 1. The van der Waals surface area contributed by atoms with Crippen molar-refractivity contribution in [1.29, 1.82) is 0 Å². The first-order chi connectivity index (χ1) is 9.43. The number of hydrogen-bond acceptors (Lipinski definition) is 5. The van der Waals surface area contributed by atoms with Gasteiger partial charge < -0.3 is 10.1 Å². The smallest absolute Gasteiger partial charge is 0.354 e. The third-order valence-electron chi connectivity index (χ3n) is 2.20. The number of esters is 1. The largest absolute Gasteiger partial charge is 0.461 e. The fraction of sp³-hybridized carbons (Fsp3) is 0.308. The van der Waals surface area contributed by atoms with Gasteiger partial charge in [0, 0.05) is 17.1 Å². The second-order valence-corrected chi connectivity index (χ2v) is 4.76. The summed E-state index contributed by atoms with van der Waals surface area (Å²) in [5, 5.41) is 6.61. The normalized spacial score (nSPS) is 10.9. The SMILES string of the molecule is CCOC(=O)/C(C)=N\Nc1ccc(NC(C)=O)cc1Br. The van der Waals surface area contributed by atoms with Crippen LogP contribution in [0.25, 0.3) is 0 Å². The maximum atomic E-state index is 11.4. The third kappa shape index (κ3) is 5.00. The van der Waals surface area contributed by atoms with E-state index in [1.54, 1.807) is 32.0 Å². The molecule has 0 saturated carbocycles. The molecule has 1 aromatic rings. The van der Waals surface area contributed by atoms with E-state index >= 15 is 0 Å². The lowest BCUT2D eigenvalue weighted by Gasteiger charge is -2.08. The average molecular weight is 342 g/mol. The molecule has 0 unspecified atom stereocenters. The Labute approximate surface area is 125 Å². The van der Waals surface area contributed by atoms with Crippen LogP contribution >= 0.6 is 15.9 Å². The summed E-state index contributed by atoms with van der Waals surface area (Å²) in [5.41, 5.74) is 4.32. The van der Waals surface area contributed by atoms with Gasteiger partial charge in [-0.25, -0.2) is 4.79 Å². The van der Waals surface area contributed by atoms with Crippen LogP contribution in [0.4, 0.5) is 11.4 Å². The van der Waals surface area contributed by atoms with Crippen molar-refractivity contribution >= 4 is 44.9 Å². The Morgan fingerprint density at radius 1 is 1.35 bits per heavy atom.